The highest BCUT2D eigenvalue weighted by molar-refractivity contribution is 5.75. The molecule has 2 N–H and O–H groups in total. The summed E-state index contributed by atoms with van der Waals surface area (Å²) in [6.07, 6.45) is 6.22. The molecule has 4 atom stereocenters. The van der Waals surface area contributed by atoms with E-state index in [9.17, 15) is 4.79 Å². The quantitative estimate of drug-likeness (QED) is 0.707. The molecular formula is C12H21NO2. The fraction of sp³-hybridized carbons (Fsp3) is 0.917. The van der Waals surface area contributed by atoms with Gasteiger partial charge in [0.15, 0.2) is 0 Å². The number of carbonyl (C=O) groups excluding carboxylic acids is 1. The minimum atomic E-state index is -0.0619. The van der Waals surface area contributed by atoms with E-state index in [-0.39, 0.29) is 17.9 Å². The molecule has 3 heteroatoms. The summed E-state index contributed by atoms with van der Waals surface area (Å²) in [6, 6.07) is 0.0622. The normalized spacial score (nSPS) is 39.9. The summed E-state index contributed by atoms with van der Waals surface area (Å²) in [5, 5.41) is 0. The van der Waals surface area contributed by atoms with Gasteiger partial charge in [0.05, 0.1) is 12.5 Å². The zero-order chi connectivity index (χ0) is 10.8. The van der Waals surface area contributed by atoms with E-state index in [1.165, 1.54) is 32.1 Å². The molecule has 2 saturated carbocycles. The summed E-state index contributed by atoms with van der Waals surface area (Å²) in [7, 11) is 0. The average molecular weight is 211 g/mol. The first-order valence-corrected chi connectivity index (χ1v) is 6.18. The highest BCUT2D eigenvalue weighted by Crippen LogP contribution is 2.47. The molecule has 15 heavy (non-hydrogen) atoms. The number of ether oxygens (including phenoxy) is 1. The van der Waals surface area contributed by atoms with Gasteiger partial charge in [0, 0.05) is 6.04 Å². The van der Waals surface area contributed by atoms with Crippen molar-refractivity contribution in [3.05, 3.63) is 0 Å². The molecule has 2 aliphatic carbocycles. The van der Waals surface area contributed by atoms with Crippen LogP contribution in [-0.2, 0) is 9.53 Å². The molecule has 0 heterocycles. The van der Waals surface area contributed by atoms with Crippen LogP contribution in [0.5, 0.6) is 0 Å². The first-order valence-electron chi connectivity index (χ1n) is 6.18. The monoisotopic (exact) mass is 211 g/mol. The van der Waals surface area contributed by atoms with E-state index in [2.05, 4.69) is 0 Å². The lowest BCUT2D eigenvalue weighted by Crippen LogP contribution is -2.59. The molecular weight excluding hydrogens is 190 g/mol. The van der Waals surface area contributed by atoms with Crippen LogP contribution < -0.4 is 5.73 Å². The zero-order valence-corrected chi connectivity index (χ0v) is 9.45. The summed E-state index contributed by atoms with van der Waals surface area (Å²) in [5.74, 6) is 1.03. The van der Waals surface area contributed by atoms with Gasteiger partial charge in [-0.2, -0.15) is 0 Å². The van der Waals surface area contributed by atoms with Gasteiger partial charge < -0.3 is 10.5 Å². The van der Waals surface area contributed by atoms with Crippen molar-refractivity contribution < 1.29 is 9.53 Å². The maximum Gasteiger partial charge on any atom is 0.310 e. The molecule has 0 saturated heterocycles. The molecule has 0 radical (unpaired) electrons. The molecule has 2 fully saturated rings. The van der Waals surface area contributed by atoms with E-state index in [1.54, 1.807) is 0 Å². The Balaban J connectivity index is 1.98. The Bertz CT molecular complexity index is 242. The third-order valence-electron chi connectivity index (χ3n) is 4.05. The molecule has 2 aliphatic rings. The Hall–Kier alpha value is -0.570. The van der Waals surface area contributed by atoms with Crippen LogP contribution in [0, 0.1) is 17.8 Å². The average Bonchev–Trinajstić information content (AvgIpc) is 2.40. The van der Waals surface area contributed by atoms with Crippen molar-refractivity contribution in [3.8, 4) is 0 Å². The number of hydrogen-bond acceptors (Lipinski definition) is 3. The topological polar surface area (TPSA) is 52.3 Å². The van der Waals surface area contributed by atoms with Crippen LogP contribution in [0.1, 0.15) is 39.0 Å². The van der Waals surface area contributed by atoms with Gasteiger partial charge in [-0.1, -0.05) is 19.3 Å². The summed E-state index contributed by atoms with van der Waals surface area (Å²) in [4.78, 5) is 11.7. The molecule has 4 unspecified atom stereocenters. The van der Waals surface area contributed by atoms with Crippen molar-refractivity contribution in [1.29, 1.82) is 0 Å². The third kappa shape index (κ3) is 1.89. The van der Waals surface area contributed by atoms with E-state index in [1.807, 2.05) is 6.92 Å². The fourth-order valence-corrected chi connectivity index (χ4v) is 3.27. The highest BCUT2D eigenvalue weighted by Gasteiger charge is 2.52. The lowest BCUT2D eigenvalue weighted by atomic mass is 9.59. The fourth-order valence-electron chi connectivity index (χ4n) is 3.27. The van der Waals surface area contributed by atoms with Crippen molar-refractivity contribution in [2.75, 3.05) is 6.61 Å². The van der Waals surface area contributed by atoms with Crippen molar-refractivity contribution >= 4 is 5.97 Å². The maximum absolute atomic E-state index is 11.7. The Labute approximate surface area is 91.4 Å². The first-order chi connectivity index (χ1) is 7.25. The van der Waals surface area contributed by atoms with Gasteiger partial charge >= 0.3 is 5.97 Å². The maximum atomic E-state index is 11.7. The Kier molecular flexibility index (Phi) is 3.29. The summed E-state index contributed by atoms with van der Waals surface area (Å²) < 4.78 is 5.09. The van der Waals surface area contributed by atoms with Crippen molar-refractivity contribution in [3.63, 3.8) is 0 Å². The number of rotatable bonds is 2. The van der Waals surface area contributed by atoms with Crippen molar-refractivity contribution in [2.45, 2.75) is 45.1 Å². The van der Waals surface area contributed by atoms with Crippen LogP contribution in [0.25, 0.3) is 0 Å². The van der Waals surface area contributed by atoms with Gasteiger partial charge in [-0.25, -0.2) is 0 Å². The molecule has 0 aromatic heterocycles. The molecule has 0 aromatic rings. The number of nitrogens with two attached hydrogens (primary N) is 1. The van der Waals surface area contributed by atoms with Crippen LogP contribution >= 0.6 is 0 Å². The van der Waals surface area contributed by atoms with Crippen LogP contribution in [0.15, 0.2) is 0 Å². The Morgan fingerprint density at radius 2 is 1.93 bits per heavy atom. The van der Waals surface area contributed by atoms with Gasteiger partial charge in [0.25, 0.3) is 0 Å². The van der Waals surface area contributed by atoms with Gasteiger partial charge in [0.1, 0.15) is 0 Å². The predicted molar refractivity (Wildman–Crippen MR) is 58.2 cm³/mol. The zero-order valence-electron chi connectivity index (χ0n) is 9.45. The van der Waals surface area contributed by atoms with Crippen LogP contribution in [0.4, 0.5) is 0 Å². The summed E-state index contributed by atoms with van der Waals surface area (Å²) in [6.45, 7) is 2.33. The van der Waals surface area contributed by atoms with Crippen LogP contribution in [0.2, 0.25) is 0 Å². The van der Waals surface area contributed by atoms with E-state index >= 15 is 0 Å². The number of fused-ring (bicyclic) bond motifs is 1. The standard InChI is InChI=1S/C12H21NO2/c1-2-15-12(14)10-8-6-4-3-5-7-9(8)11(10)13/h8-11H,2-7,13H2,1H3. The molecule has 0 aliphatic heterocycles. The minimum Gasteiger partial charge on any atom is -0.466 e. The highest BCUT2D eigenvalue weighted by atomic mass is 16.5. The second kappa shape index (κ2) is 4.52. The summed E-state index contributed by atoms with van der Waals surface area (Å²) in [5.41, 5.74) is 6.08. The Morgan fingerprint density at radius 3 is 2.60 bits per heavy atom. The van der Waals surface area contributed by atoms with Crippen LogP contribution in [0.3, 0.4) is 0 Å². The second-order valence-corrected chi connectivity index (χ2v) is 4.82. The van der Waals surface area contributed by atoms with Crippen molar-refractivity contribution in [1.82, 2.24) is 0 Å². The SMILES string of the molecule is CCOC(=O)C1C(N)C2CCCCCC21. The number of carbonyl (C=O) groups is 1. The predicted octanol–water partition coefficient (Wildman–Crippen LogP) is 1.70. The first kappa shape index (κ1) is 10.9. The van der Waals surface area contributed by atoms with Gasteiger partial charge in [-0.05, 0) is 31.6 Å². The molecule has 3 nitrogen and oxygen atoms in total. The molecule has 0 aromatic carbocycles. The van der Waals surface area contributed by atoms with E-state index in [0.29, 0.717) is 18.4 Å². The smallest absolute Gasteiger partial charge is 0.310 e. The molecule has 2 rings (SSSR count). The minimum absolute atomic E-state index is 0.00644. The third-order valence-corrected chi connectivity index (χ3v) is 4.05. The molecule has 86 valence electrons. The Morgan fingerprint density at radius 1 is 1.27 bits per heavy atom. The lowest BCUT2D eigenvalue weighted by Gasteiger charge is -2.48. The van der Waals surface area contributed by atoms with E-state index in [0.717, 1.165) is 0 Å². The lowest BCUT2D eigenvalue weighted by molar-refractivity contribution is -0.160. The van der Waals surface area contributed by atoms with Crippen LogP contribution in [-0.4, -0.2) is 18.6 Å². The molecule has 0 bridgehead atoms. The molecule has 0 amide bonds. The van der Waals surface area contributed by atoms with Gasteiger partial charge in [0.2, 0.25) is 0 Å². The van der Waals surface area contributed by atoms with Gasteiger partial charge in [-0.15, -0.1) is 0 Å². The molecule has 0 spiro atoms. The summed E-state index contributed by atoms with van der Waals surface area (Å²) >= 11 is 0. The number of hydrogen-bond donors (Lipinski definition) is 1. The van der Waals surface area contributed by atoms with E-state index in [4.69, 9.17) is 10.5 Å². The largest absolute Gasteiger partial charge is 0.466 e. The van der Waals surface area contributed by atoms with Crippen molar-refractivity contribution in [2.24, 2.45) is 23.5 Å². The number of esters is 1. The van der Waals surface area contributed by atoms with Gasteiger partial charge in [-0.3, -0.25) is 4.79 Å². The van der Waals surface area contributed by atoms with E-state index < -0.39 is 0 Å². The second-order valence-electron chi connectivity index (χ2n) is 4.82.